The summed E-state index contributed by atoms with van der Waals surface area (Å²) in [7, 11) is 4.04. The predicted molar refractivity (Wildman–Crippen MR) is 55.6 cm³/mol. The van der Waals surface area contributed by atoms with Gasteiger partial charge in [-0.3, -0.25) is 4.79 Å². The Morgan fingerprint density at radius 2 is 1.92 bits per heavy atom. The Hall–Kier alpha value is -0.570. The second kappa shape index (κ2) is 5.22. The van der Waals surface area contributed by atoms with Crippen LogP contribution in [0.15, 0.2) is 0 Å². The number of rotatable bonds is 5. The van der Waals surface area contributed by atoms with E-state index in [4.69, 9.17) is 0 Å². The van der Waals surface area contributed by atoms with E-state index in [1.165, 1.54) is 0 Å². The van der Waals surface area contributed by atoms with Crippen molar-refractivity contribution in [3.8, 4) is 0 Å². The van der Waals surface area contributed by atoms with E-state index in [0.29, 0.717) is 6.54 Å². The fraction of sp³-hybridized carbons (Fsp3) is 0.900. The molecule has 0 saturated heterocycles. The first-order valence-electron chi connectivity index (χ1n) is 4.83. The van der Waals surface area contributed by atoms with E-state index in [-0.39, 0.29) is 11.3 Å². The third-order valence-electron chi connectivity index (χ3n) is 2.14. The molecule has 0 aromatic heterocycles. The van der Waals surface area contributed by atoms with Crippen molar-refractivity contribution >= 4 is 5.91 Å². The van der Waals surface area contributed by atoms with Gasteiger partial charge in [-0.1, -0.05) is 13.8 Å². The number of amides is 1. The summed E-state index contributed by atoms with van der Waals surface area (Å²) in [6.45, 7) is 7.58. The van der Waals surface area contributed by atoms with Crippen LogP contribution in [-0.2, 0) is 4.79 Å². The minimum Gasteiger partial charge on any atom is -0.356 e. The summed E-state index contributed by atoms with van der Waals surface area (Å²) in [6.07, 6.45) is 0.895. The van der Waals surface area contributed by atoms with Crippen molar-refractivity contribution in [3.63, 3.8) is 0 Å². The summed E-state index contributed by atoms with van der Waals surface area (Å²) >= 11 is 0. The molecule has 0 saturated carbocycles. The molecule has 13 heavy (non-hydrogen) atoms. The van der Waals surface area contributed by atoms with Crippen molar-refractivity contribution in [2.45, 2.75) is 27.2 Å². The molecular weight excluding hydrogens is 164 g/mol. The van der Waals surface area contributed by atoms with Crippen molar-refractivity contribution < 1.29 is 4.79 Å². The molecular formula is C10H22N2O. The van der Waals surface area contributed by atoms with Crippen molar-refractivity contribution in [1.82, 2.24) is 10.2 Å². The van der Waals surface area contributed by atoms with Gasteiger partial charge < -0.3 is 10.2 Å². The quantitative estimate of drug-likeness (QED) is 0.697. The van der Waals surface area contributed by atoms with Crippen molar-refractivity contribution in [1.29, 1.82) is 0 Å². The van der Waals surface area contributed by atoms with Gasteiger partial charge in [-0.2, -0.15) is 0 Å². The van der Waals surface area contributed by atoms with E-state index in [2.05, 4.69) is 10.2 Å². The maximum atomic E-state index is 11.5. The first-order chi connectivity index (χ1) is 5.90. The monoisotopic (exact) mass is 186 g/mol. The van der Waals surface area contributed by atoms with Crippen LogP contribution in [-0.4, -0.2) is 38.0 Å². The van der Waals surface area contributed by atoms with Crippen LogP contribution in [0.25, 0.3) is 0 Å². The Bertz CT molecular complexity index is 164. The molecule has 0 bridgehead atoms. The standard InChI is InChI=1S/C10H22N2O/c1-6-11-9(13)10(2,3)7-8-12(4)5/h6-8H2,1-5H3,(H,11,13). The Morgan fingerprint density at radius 1 is 1.38 bits per heavy atom. The number of hydrogen-bond donors (Lipinski definition) is 1. The van der Waals surface area contributed by atoms with Gasteiger partial charge in [0.15, 0.2) is 0 Å². The second-order valence-electron chi connectivity index (χ2n) is 4.30. The van der Waals surface area contributed by atoms with Gasteiger partial charge in [0, 0.05) is 12.0 Å². The smallest absolute Gasteiger partial charge is 0.225 e. The maximum absolute atomic E-state index is 11.5. The normalized spacial score (nSPS) is 11.8. The molecule has 0 radical (unpaired) electrons. The molecule has 3 nitrogen and oxygen atoms in total. The first-order valence-corrected chi connectivity index (χ1v) is 4.83. The molecule has 0 fully saturated rings. The van der Waals surface area contributed by atoms with Gasteiger partial charge in [0.05, 0.1) is 0 Å². The zero-order valence-electron chi connectivity index (χ0n) is 9.48. The third-order valence-corrected chi connectivity index (χ3v) is 2.14. The SMILES string of the molecule is CCNC(=O)C(C)(C)CCN(C)C. The molecule has 3 heteroatoms. The van der Waals surface area contributed by atoms with Gasteiger partial charge in [0.1, 0.15) is 0 Å². The number of nitrogens with one attached hydrogen (secondary N) is 1. The van der Waals surface area contributed by atoms with Gasteiger partial charge in [0.2, 0.25) is 5.91 Å². The summed E-state index contributed by atoms with van der Waals surface area (Å²) in [6, 6.07) is 0. The van der Waals surface area contributed by atoms with Crippen LogP contribution in [0.3, 0.4) is 0 Å². The van der Waals surface area contributed by atoms with E-state index in [0.717, 1.165) is 13.0 Å². The molecule has 0 aliphatic rings. The molecule has 0 rings (SSSR count). The lowest BCUT2D eigenvalue weighted by atomic mass is 9.88. The average molecular weight is 186 g/mol. The number of carbonyl (C=O) groups excluding carboxylic acids is 1. The molecule has 0 aromatic carbocycles. The molecule has 1 N–H and O–H groups in total. The minimum atomic E-state index is -0.250. The summed E-state index contributed by atoms with van der Waals surface area (Å²) in [5.41, 5.74) is -0.250. The minimum absolute atomic E-state index is 0.150. The number of hydrogen-bond acceptors (Lipinski definition) is 2. The van der Waals surface area contributed by atoms with Crippen LogP contribution in [0.1, 0.15) is 27.2 Å². The van der Waals surface area contributed by atoms with E-state index >= 15 is 0 Å². The van der Waals surface area contributed by atoms with Gasteiger partial charge in [-0.05, 0) is 34.0 Å². The van der Waals surface area contributed by atoms with Crippen LogP contribution < -0.4 is 5.32 Å². The molecule has 0 spiro atoms. The highest BCUT2D eigenvalue weighted by atomic mass is 16.2. The van der Waals surface area contributed by atoms with Crippen LogP contribution in [0.4, 0.5) is 0 Å². The Balaban J connectivity index is 3.98. The van der Waals surface area contributed by atoms with Crippen LogP contribution in [0, 0.1) is 5.41 Å². The zero-order chi connectivity index (χ0) is 10.5. The Morgan fingerprint density at radius 3 is 2.31 bits per heavy atom. The highest BCUT2D eigenvalue weighted by Gasteiger charge is 2.26. The molecule has 0 heterocycles. The summed E-state index contributed by atoms with van der Waals surface area (Å²) in [4.78, 5) is 13.6. The fourth-order valence-corrected chi connectivity index (χ4v) is 1.02. The number of carbonyl (C=O) groups is 1. The molecule has 78 valence electrons. The van der Waals surface area contributed by atoms with Crippen LogP contribution >= 0.6 is 0 Å². The van der Waals surface area contributed by atoms with Crippen molar-refractivity contribution in [2.75, 3.05) is 27.2 Å². The summed E-state index contributed by atoms with van der Waals surface area (Å²) < 4.78 is 0. The van der Waals surface area contributed by atoms with Gasteiger partial charge in [-0.25, -0.2) is 0 Å². The zero-order valence-corrected chi connectivity index (χ0v) is 9.48. The number of nitrogens with zero attached hydrogens (tertiary/aromatic N) is 1. The van der Waals surface area contributed by atoms with E-state index in [1.54, 1.807) is 0 Å². The van der Waals surface area contributed by atoms with E-state index in [1.807, 2.05) is 34.9 Å². The van der Waals surface area contributed by atoms with Gasteiger partial charge in [0.25, 0.3) is 0 Å². The lowest BCUT2D eigenvalue weighted by molar-refractivity contribution is -0.129. The average Bonchev–Trinajstić information content (AvgIpc) is 2.01. The van der Waals surface area contributed by atoms with Crippen LogP contribution in [0.5, 0.6) is 0 Å². The Kier molecular flexibility index (Phi) is 4.99. The largest absolute Gasteiger partial charge is 0.356 e. The predicted octanol–water partition coefficient (Wildman–Crippen LogP) is 1.10. The maximum Gasteiger partial charge on any atom is 0.225 e. The molecule has 1 amide bonds. The Labute approximate surface area is 81.5 Å². The highest BCUT2D eigenvalue weighted by Crippen LogP contribution is 2.20. The fourth-order valence-electron chi connectivity index (χ4n) is 1.02. The second-order valence-corrected chi connectivity index (χ2v) is 4.30. The molecule has 0 atom stereocenters. The van der Waals surface area contributed by atoms with E-state index < -0.39 is 0 Å². The lowest BCUT2D eigenvalue weighted by Crippen LogP contribution is -2.38. The summed E-state index contributed by atoms with van der Waals surface area (Å²) in [5.74, 6) is 0.150. The molecule has 0 aromatic rings. The summed E-state index contributed by atoms with van der Waals surface area (Å²) in [5, 5.41) is 2.85. The highest BCUT2D eigenvalue weighted by molar-refractivity contribution is 5.81. The van der Waals surface area contributed by atoms with E-state index in [9.17, 15) is 4.79 Å². The topological polar surface area (TPSA) is 32.3 Å². The molecule has 0 aliphatic heterocycles. The lowest BCUT2D eigenvalue weighted by Gasteiger charge is -2.24. The first kappa shape index (κ1) is 12.4. The van der Waals surface area contributed by atoms with Crippen LogP contribution in [0.2, 0.25) is 0 Å². The van der Waals surface area contributed by atoms with Gasteiger partial charge in [-0.15, -0.1) is 0 Å². The van der Waals surface area contributed by atoms with Crippen molar-refractivity contribution in [3.05, 3.63) is 0 Å². The third kappa shape index (κ3) is 4.88. The van der Waals surface area contributed by atoms with Gasteiger partial charge >= 0.3 is 0 Å². The molecule has 0 unspecified atom stereocenters. The van der Waals surface area contributed by atoms with Crippen molar-refractivity contribution in [2.24, 2.45) is 5.41 Å². The molecule has 0 aliphatic carbocycles.